The molecule has 1 N–H and O–H groups in total. The predicted molar refractivity (Wildman–Crippen MR) is 132 cm³/mol. The van der Waals surface area contributed by atoms with Gasteiger partial charge in [0.1, 0.15) is 5.69 Å². The summed E-state index contributed by atoms with van der Waals surface area (Å²) in [6.45, 7) is 3.60. The first-order chi connectivity index (χ1) is 17.8. The van der Waals surface area contributed by atoms with Crippen molar-refractivity contribution in [3.8, 4) is 0 Å². The smallest absolute Gasteiger partial charge is 0.265 e. The number of aromatic nitrogens is 2. The molecule has 1 amide bonds. The Balaban J connectivity index is 1.22. The monoisotopic (exact) mass is 508 g/mol. The van der Waals surface area contributed by atoms with Gasteiger partial charge in [0.05, 0.1) is 18.4 Å². The van der Waals surface area contributed by atoms with E-state index < -0.39 is 23.1 Å². The van der Waals surface area contributed by atoms with Crippen LogP contribution in [0.4, 0.5) is 8.78 Å². The lowest BCUT2D eigenvalue weighted by Crippen LogP contribution is -2.48. The van der Waals surface area contributed by atoms with Crippen LogP contribution in [-0.2, 0) is 27.3 Å². The minimum atomic E-state index is -2.30. The Hall–Kier alpha value is -3.27. The van der Waals surface area contributed by atoms with E-state index in [2.05, 4.69) is 33.1 Å². The second-order valence-corrected chi connectivity index (χ2v) is 9.79. The van der Waals surface area contributed by atoms with Gasteiger partial charge in [-0.25, -0.2) is 8.78 Å². The van der Waals surface area contributed by atoms with E-state index in [0.29, 0.717) is 19.6 Å². The maximum absolute atomic E-state index is 14.0. The van der Waals surface area contributed by atoms with Crippen molar-refractivity contribution in [1.29, 1.82) is 0 Å². The summed E-state index contributed by atoms with van der Waals surface area (Å²) in [5, 5.41) is 11.5. The van der Waals surface area contributed by atoms with Crippen LogP contribution in [0.5, 0.6) is 0 Å². The number of rotatable bonds is 7. The van der Waals surface area contributed by atoms with E-state index in [1.54, 1.807) is 7.05 Å². The Kier molecular flexibility index (Phi) is 7.02. The van der Waals surface area contributed by atoms with Crippen LogP contribution in [0, 0.1) is 11.6 Å². The first kappa shape index (κ1) is 25.4. The van der Waals surface area contributed by atoms with E-state index >= 15 is 0 Å². The molecule has 2 aromatic carbocycles. The van der Waals surface area contributed by atoms with Crippen molar-refractivity contribution in [2.24, 2.45) is 0 Å². The highest BCUT2D eigenvalue weighted by Crippen LogP contribution is 2.44. The normalized spacial score (nSPS) is 18.4. The fourth-order valence-corrected chi connectivity index (χ4v) is 5.43. The summed E-state index contributed by atoms with van der Waals surface area (Å²) in [7, 11) is 1.58. The molecule has 1 spiro atoms. The van der Waals surface area contributed by atoms with E-state index in [1.165, 1.54) is 40.7 Å². The van der Waals surface area contributed by atoms with Crippen molar-refractivity contribution in [2.45, 2.75) is 37.1 Å². The average molecular weight is 509 g/mol. The number of aliphatic hydroxyl groups is 1. The summed E-state index contributed by atoms with van der Waals surface area (Å²) >= 11 is 0. The molecule has 1 aromatic heterocycles. The third kappa shape index (κ3) is 4.74. The zero-order valence-corrected chi connectivity index (χ0v) is 20.7. The average Bonchev–Trinajstić information content (AvgIpc) is 3.29. The van der Waals surface area contributed by atoms with Gasteiger partial charge in [-0.1, -0.05) is 30.3 Å². The molecule has 37 heavy (non-hydrogen) atoms. The first-order valence-corrected chi connectivity index (χ1v) is 12.5. The van der Waals surface area contributed by atoms with Gasteiger partial charge in [-0.15, -0.1) is 0 Å². The zero-order chi connectivity index (χ0) is 26.0. The largest absolute Gasteiger partial charge is 0.371 e. The molecule has 0 aliphatic carbocycles. The van der Waals surface area contributed by atoms with Crippen LogP contribution in [-0.4, -0.2) is 64.0 Å². The number of carbonyl (C=O) groups is 1. The molecule has 7 nitrogen and oxygen atoms in total. The quantitative estimate of drug-likeness (QED) is 0.528. The fraction of sp³-hybridized carbons (Fsp3) is 0.393. The Morgan fingerprint density at radius 1 is 1.16 bits per heavy atom. The van der Waals surface area contributed by atoms with E-state index in [1.807, 2.05) is 6.07 Å². The highest BCUT2D eigenvalue weighted by molar-refractivity contribution is 5.89. The van der Waals surface area contributed by atoms with Crippen LogP contribution >= 0.6 is 0 Å². The number of likely N-dealkylation sites (N-methyl/N-ethyl adjacent to an activating group) is 1. The number of fused-ring (bicyclic) bond motifs is 2. The second kappa shape index (κ2) is 10.2. The number of carbonyl (C=O) groups excluding carboxylic acids is 1. The van der Waals surface area contributed by atoms with E-state index in [4.69, 9.17) is 4.74 Å². The summed E-state index contributed by atoms with van der Waals surface area (Å²) < 4.78 is 33.8. The molecule has 1 atom stereocenters. The van der Waals surface area contributed by atoms with Crippen LogP contribution in [0.3, 0.4) is 0 Å². The number of piperidine rings is 1. The number of halogens is 2. The molecule has 1 saturated heterocycles. The van der Waals surface area contributed by atoms with E-state index in [0.717, 1.165) is 44.6 Å². The molecule has 3 heterocycles. The van der Waals surface area contributed by atoms with Crippen molar-refractivity contribution >= 4 is 5.91 Å². The molecule has 1 unspecified atom stereocenters. The summed E-state index contributed by atoms with van der Waals surface area (Å²) in [5.41, 5.74) is -0.0917. The Morgan fingerprint density at radius 3 is 2.68 bits per heavy atom. The van der Waals surface area contributed by atoms with Crippen LogP contribution in [0.25, 0.3) is 0 Å². The highest BCUT2D eigenvalue weighted by Gasteiger charge is 2.44. The molecule has 0 bridgehead atoms. The van der Waals surface area contributed by atoms with Gasteiger partial charge in [0.15, 0.2) is 11.6 Å². The van der Waals surface area contributed by atoms with Gasteiger partial charge >= 0.3 is 0 Å². The number of amides is 1. The van der Waals surface area contributed by atoms with Gasteiger partial charge in [0, 0.05) is 44.6 Å². The van der Waals surface area contributed by atoms with Crippen molar-refractivity contribution in [2.75, 3.05) is 33.2 Å². The number of likely N-dealkylation sites (tertiary alicyclic amines) is 1. The molecular formula is C28H30F2N4O3. The van der Waals surface area contributed by atoms with Crippen LogP contribution in [0.1, 0.15) is 41.6 Å². The van der Waals surface area contributed by atoms with Gasteiger partial charge in [-0.05, 0) is 49.1 Å². The minimum absolute atomic E-state index is 0.0592. The third-order valence-electron chi connectivity index (χ3n) is 7.57. The number of hydrogen-bond acceptors (Lipinski definition) is 6. The Morgan fingerprint density at radius 2 is 1.95 bits per heavy atom. The number of hydrogen-bond donors (Lipinski definition) is 1. The molecule has 2 aliphatic rings. The van der Waals surface area contributed by atoms with Gasteiger partial charge in [-0.3, -0.25) is 14.8 Å². The zero-order valence-electron chi connectivity index (χ0n) is 20.7. The van der Waals surface area contributed by atoms with Gasteiger partial charge in [0.2, 0.25) is 5.60 Å². The standard InChI is InChI=1S/C28H30F2N4O3/c1-33(13-4-14-34-15-9-27(10-16-34)22-6-3-2-5-20(22)19-37-27)26(35)28(36,25-18-31-11-12-32-25)21-7-8-23(29)24(30)17-21/h2-3,5-8,11-12,17-18,36H,4,9-10,13-16,19H2,1H3. The van der Waals surface area contributed by atoms with Crippen LogP contribution in [0.2, 0.25) is 0 Å². The van der Waals surface area contributed by atoms with Crippen molar-refractivity contribution < 1.29 is 23.4 Å². The molecule has 0 radical (unpaired) electrons. The molecule has 1 fully saturated rings. The molecule has 9 heteroatoms. The van der Waals surface area contributed by atoms with Gasteiger partial charge in [-0.2, -0.15) is 0 Å². The molecular weight excluding hydrogens is 478 g/mol. The fourth-order valence-electron chi connectivity index (χ4n) is 5.43. The van der Waals surface area contributed by atoms with Crippen LogP contribution < -0.4 is 0 Å². The van der Waals surface area contributed by atoms with Crippen molar-refractivity contribution in [1.82, 2.24) is 19.8 Å². The SMILES string of the molecule is CN(CCCN1CCC2(CC1)OCc1ccccc12)C(=O)C(O)(c1ccc(F)c(F)c1)c1cnccn1. The molecule has 3 aromatic rings. The molecule has 5 rings (SSSR count). The summed E-state index contributed by atoms with van der Waals surface area (Å²) in [5.74, 6) is -2.92. The highest BCUT2D eigenvalue weighted by atomic mass is 19.2. The lowest BCUT2D eigenvalue weighted by molar-refractivity contribution is -0.147. The molecule has 194 valence electrons. The molecule has 0 saturated carbocycles. The first-order valence-electron chi connectivity index (χ1n) is 12.5. The van der Waals surface area contributed by atoms with Crippen LogP contribution in [0.15, 0.2) is 61.1 Å². The Bertz CT molecular complexity index is 1270. The summed E-state index contributed by atoms with van der Waals surface area (Å²) in [6, 6.07) is 11.3. The van der Waals surface area contributed by atoms with Crippen molar-refractivity contribution in [3.63, 3.8) is 0 Å². The third-order valence-corrected chi connectivity index (χ3v) is 7.57. The lowest BCUT2D eigenvalue weighted by Gasteiger charge is -2.39. The van der Waals surface area contributed by atoms with Gasteiger partial charge < -0.3 is 19.6 Å². The number of benzene rings is 2. The summed E-state index contributed by atoms with van der Waals surface area (Å²) in [6.07, 6.45) is 6.51. The number of ether oxygens (including phenoxy) is 1. The van der Waals surface area contributed by atoms with Gasteiger partial charge in [0.25, 0.3) is 5.91 Å². The van der Waals surface area contributed by atoms with E-state index in [-0.39, 0.29) is 16.9 Å². The van der Waals surface area contributed by atoms with Crippen molar-refractivity contribution in [3.05, 3.63) is 95.1 Å². The second-order valence-electron chi connectivity index (χ2n) is 9.79. The maximum Gasteiger partial charge on any atom is 0.265 e. The Labute approximate surface area is 214 Å². The number of nitrogens with zero attached hydrogens (tertiary/aromatic N) is 4. The molecule has 2 aliphatic heterocycles. The maximum atomic E-state index is 14.0. The minimum Gasteiger partial charge on any atom is -0.371 e. The summed E-state index contributed by atoms with van der Waals surface area (Å²) in [4.78, 5) is 25.3. The topological polar surface area (TPSA) is 78.8 Å². The lowest BCUT2D eigenvalue weighted by atomic mass is 9.84. The predicted octanol–water partition coefficient (Wildman–Crippen LogP) is 3.36. The van der Waals surface area contributed by atoms with E-state index in [9.17, 15) is 18.7 Å².